The lowest BCUT2D eigenvalue weighted by Gasteiger charge is -2.10. The molecule has 1 atom stereocenters. The van der Waals surface area contributed by atoms with Crippen LogP contribution in [0, 0.1) is 6.92 Å². The number of rotatable bonds is 5. The van der Waals surface area contributed by atoms with Crippen molar-refractivity contribution in [1.82, 2.24) is 0 Å². The zero-order valence-corrected chi connectivity index (χ0v) is 11.3. The van der Waals surface area contributed by atoms with Gasteiger partial charge >= 0.3 is 0 Å². The summed E-state index contributed by atoms with van der Waals surface area (Å²) in [5.41, 5.74) is 4.16. The van der Waals surface area contributed by atoms with E-state index in [4.69, 9.17) is 0 Å². The second-order valence-electron chi connectivity index (χ2n) is 5.03. The molecule has 0 aromatic heterocycles. The average Bonchev–Trinajstić information content (AvgIpc) is 2.42. The largest absolute Gasteiger partial charge is 0.342 e. The van der Waals surface area contributed by atoms with Gasteiger partial charge in [-0.05, 0) is 12.5 Å². The summed E-state index contributed by atoms with van der Waals surface area (Å²) in [6.45, 7) is 6.63. The minimum atomic E-state index is 0.608. The number of nitrogens with two attached hydrogens (primary N) is 1. The van der Waals surface area contributed by atoms with Crippen molar-refractivity contribution in [3.8, 4) is 0 Å². The highest BCUT2D eigenvalue weighted by Gasteiger charge is 2.06. The SMILES string of the molecule is Cc1ccc(C[NH2+]C[C@@H](C)c2ccccc2)cc1. The smallest absolute Gasteiger partial charge is 0.101 e. The molecule has 0 radical (unpaired) electrons. The number of quaternary nitrogens is 1. The number of hydrogen-bond acceptors (Lipinski definition) is 0. The molecule has 0 heterocycles. The van der Waals surface area contributed by atoms with Crippen molar-refractivity contribution in [2.45, 2.75) is 26.3 Å². The van der Waals surface area contributed by atoms with Crippen LogP contribution in [0.1, 0.15) is 29.5 Å². The minimum Gasteiger partial charge on any atom is -0.342 e. The fourth-order valence-electron chi connectivity index (χ4n) is 2.14. The Balaban J connectivity index is 1.80. The summed E-state index contributed by atoms with van der Waals surface area (Å²) in [6.07, 6.45) is 0. The Labute approximate surface area is 110 Å². The molecule has 2 rings (SSSR count). The molecule has 0 aliphatic carbocycles. The summed E-state index contributed by atoms with van der Waals surface area (Å²) in [4.78, 5) is 0. The molecule has 0 unspecified atom stereocenters. The first kappa shape index (κ1) is 12.8. The summed E-state index contributed by atoms with van der Waals surface area (Å²) in [5, 5.41) is 2.39. The molecule has 0 fully saturated rings. The Kier molecular flexibility index (Phi) is 4.54. The third kappa shape index (κ3) is 3.71. The van der Waals surface area contributed by atoms with E-state index in [1.165, 1.54) is 16.7 Å². The number of hydrogen-bond donors (Lipinski definition) is 1. The standard InChI is InChI=1S/C17H21N/c1-14-8-10-16(11-9-14)13-18-12-15(2)17-6-4-3-5-7-17/h3-11,15,18H,12-13H2,1-2H3/p+1/t15-/m1/s1. The number of benzene rings is 2. The van der Waals surface area contributed by atoms with Gasteiger partial charge in [0.1, 0.15) is 6.54 Å². The van der Waals surface area contributed by atoms with Crippen molar-refractivity contribution in [2.24, 2.45) is 0 Å². The predicted molar refractivity (Wildman–Crippen MR) is 76.5 cm³/mol. The van der Waals surface area contributed by atoms with Crippen LogP contribution in [0.15, 0.2) is 54.6 Å². The summed E-state index contributed by atoms with van der Waals surface area (Å²) >= 11 is 0. The van der Waals surface area contributed by atoms with Crippen molar-refractivity contribution in [3.05, 3.63) is 71.3 Å². The first-order valence-corrected chi connectivity index (χ1v) is 6.68. The van der Waals surface area contributed by atoms with Gasteiger partial charge in [-0.25, -0.2) is 0 Å². The van der Waals surface area contributed by atoms with Crippen LogP contribution in [-0.2, 0) is 6.54 Å². The fraction of sp³-hybridized carbons (Fsp3) is 0.294. The molecule has 0 amide bonds. The first-order valence-electron chi connectivity index (χ1n) is 6.68. The zero-order valence-electron chi connectivity index (χ0n) is 11.3. The Hall–Kier alpha value is -1.60. The van der Waals surface area contributed by atoms with E-state index in [9.17, 15) is 0 Å². The molecule has 0 saturated carbocycles. The molecule has 18 heavy (non-hydrogen) atoms. The van der Waals surface area contributed by atoms with Gasteiger partial charge in [0.15, 0.2) is 0 Å². The van der Waals surface area contributed by atoms with Crippen LogP contribution in [0.5, 0.6) is 0 Å². The fourth-order valence-corrected chi connectivity index (χ4v) is 2.14. The maximum absolute atomic E-state index is 2.39. The van der Waals surface area contributed by atoms with E-state index < -0.39 is 0 Å². The van der Waals surface area contributed by atoms with Crippen molar-refractivity contribution >= 4 is 0 Å². The molecule has 1 heteroatoms. The third-order valence-electron chi connectivity index (χ3n) is 3.39. The maximum atomic E-state index is 2.39. The van der Waals surface area contributed by atoms with Crippen LogP contribution in [0.2, 0.25) is 0 Å². The molecule has 0 aliphatic rings. The van der Waals surface area contributed by atoms with Crippen molar-refractivity contribution in [3.63, 3.8) is 0 Å². The molecular weight excluding hydrogens is 218 g/mol. The molecule has 0 bridgehead atoms. The van der Waals surface area contributed by atoms with Crippen molar-refractivity contribution in [1.29, 1.82) is 0 Å². The van der Waals surface area contributed by atoms with Crippen LogP contribution in [-0.4, -0.2) is 6.54 Å². The zero-order chi connectivity index (χ0) is 12.8. The second-order valence-corrected chi connectivity index (χ2v) is 5.03. The van der Waals surface area contributed by atoms with Gasteiger partial charge in [0.2, 0.25) is 0 Å². The van der Waals surface area contributed by atoms with Gasteiger partial charge in [-0.1, -0.05) is 67.1 Å². The predicted octanol–water partition coefficient (Wildman–Crippen LogP) is 2.86. The first-order chi connectivity index (χ1) is 8.75. The second kappa shape index (κ2) is 6.36. The maximum Gasteiger partial charge on any atom is 0.101 e. The lowest BCUT2D eigenvalue weighted by Crippen LogP contribution is -2.83. The molecular formula is C17H22N+. The number of aryl methyl sites for hydroxylation is 1. The summed E-state index contributed by atoms with van der Waals surface area (Å²) in [6, 6.07) is 19.5. The van der Waals surface area contributed by atoms with Crippen LogP contribution in [0.4, 0.5) is 0 Å². The van der Waals surface area contributed by atoms with Crippen LogP contribution in [0.3, 0.4) is 0 Å². The van der Waals surface area contributed by atoms with E-state index >= 15 is 0 Å². The van der Waals surface area contributed by atoms with Crippen LogP contribution < -0.4 is 5.32 Å². The Morgan fingerprint density at radius 2 is 1.61 bits per heavy atom. The van der Waals surface area contributed by atoms with Gasteiger partial charge < -0.3 is 5.32 Å². The van der Waals surface area contributed by atoms with E-state index in [0.29, 0.717) is 5.92 Å². The molecule has 2 N–H and O–H groups in total. The van der Waals surface area contributed by atoms with Crippen LogP contribution >= 0.6 is 0 Å². The Morgan fingerprint density at radius 1 is 0.944 bits per heavy atom. The molecule has 1 nitrogen and oxygen atoms in total. The minimum absolute atomic E-state index is 0.608. The average molecular weight is 240 g/mol. The molecule has 2 aromatic rings. The van der Waals surface area contributed by atoms with Crippen LogP contribution in [0.25, 0.3) is 0 Å². The van der Waals surface area contributed by atoms with Gasteiger partial charge in [0.05, 0.1) is 6.54 Å². The van der Waals surface area contributed by atoms with E-state index in [0.717, 1.165) is 13.1 Å². The quantitative estimate of drug-likeness (QED) is 0.827. The van der Waals surface area contributed by atoms with Gasteiger partial charge in [-0.3, -0.25) is 0 Å². The Morgan fingerprint density at radius 3 is 2.28 bits per heavy atom. The monoisotopic (exact) mass is 240 g/mol. The lowest BCUT2D eigenvalue weighted by molar-refractivity contribution is -0.672. The summed E-state index contributed by atoms with van der Waals surface area (Å²) in [7, 11) is 0. The highest BCUT2D eigenvalue weighted by Crippen LogP contribution is 2.11. The normalized spacial score (nSPS) is 12.3. The van der Waals surface area contributed by atoms with Crippen molar-refractivity contribution < 1.29 is 5.32 Å². The van der Waals surface area contributed by atoms with Gasteiger partial charge in [0, 0.05) is 11.5 Å². The van der Waals surface area contributed by atoms with Crippen molar-refractivity contribution in [2.75, 3.05) is 6.54 Å². The summed E-state index contributed by atoms with van der Waals surface area (Å²) < 4.78 is 0. The van der Waals surface area contributed by atoms with E-state index in [1.54, 1.807) is 0 Å². The molecule has 0 saturated heterocycles. The van der Waals surface area contributed by atoms with E-state index in [1.807, 2.05) is 0 Å². The molecule has 0 aliphatic heterocycles. The van der Waals surface area contributed by atoms with Gasteiger partial charge in [-0.15, -0.1) is 0 Å². The summed E-state index contributed by atoms with van der Waals surface area (Å²) in [5.74, 6) is 0.608. The van der Waals surface area contributed by atoms with E-state index in [-0.39, 0.29) is 0 Å². The molecule has 0 spiro atoms. The third-order valence-corrected chi connectivity index (χ3v) is 3.39. The van der Waals surface area contributed by atoms with Gasteiger partial charge in [-0.2, -0.15) is 0 Å². The molecule has 94 valence electrons. The molecule has 2 aromatic carbocycles. The highest BCUT2D eigenvalue weighted by molar-refractivity contribution is 5.20. The highest BCUT2D eigenvalue weighted by atomic mass is 14.9. The Bertz CT molecular complexity index is 459. The lowest BCUT2D eigenvalue weighted by atomic mass is 10.0. The topological polar surface area (TPSA) is 16.6 Å². The van der Waals surface area contributed by atoms with E-state index in [2.05, 4.69) is 73.8 Å². The van der Waals surface area contributed by atoms with Gasteiger partial charge in [0.25, 0.3) is 0 Å².